The van der Waals surface area contributed by atoms with Gasteiger partial charge in [-0.1, -0.05) is 18.2 Å². The summed E-state index contributed by atoms with van der Waals surface area (Å²) in [5, 5.41) is 3.12. The molecule has 0 radical (unpaired) electrons. The predicted octanol–water partition coefficient (Wildman–Crippen LogP) is 3.11. The zero-order valence-corrected chi connectivity index (χ0v) is 11.3. The molecule has 0 atom stereocenters. The van der Waals surface area contributed by atoms with E-state index in [9.17, 15) is 0 Å². The molecule has 0 spiro atoms. The second-order valence-corrected chi connectivity index (χ2v) is 4.57. The molecule has 1 aromatic carbocycles. The normalized spacial score (nSPS) is 10.8. The first-order chi connectivity index (χ1) is 8.72. The number of nitrogens with one attached hydrogen (secondary N) is 1. The molecule has 3 nitrogen and oxygen atoms in total. The molecule has 18 heavy (non-hydrogen) atoms. The van der Waals surface area contributed by atoms with Crippen LogP contribution < -0.4 is 5.32 Å². The van der Waals surface area contributed by atoms with Crippen LogP contribution in [0.2, 0.25) is 0 Å². The number of rotatable bonds is 5. The second-order valence-electron chi connectivity index (χ2n) is 4.57. The molecule has 2 aromatic rings. The van der Waals surface area contributed by atoms with Crippen molar-refractivity contribution >= 4 is 0 Å². The highest BCUT2D eigenvalue weighted by Crippen LogP contribution is 2.26. The smallest absolute Gasteiger partial charge is 0.194 e. The predicted molar refractivity (Wildman–Crippen MR) is 73.7 cm³/mol. The van der Waals surface area contributed by atoms with Gasteiger partial charge in [0.05, 0.1) is 6.20 Å². The highest BCUT2D eigenvalue weighted by molar-refractivity contribution is 5.62. The minimum Gasteiger partial charge on any atom is -0.441 e. The molecular weight excluding hydrogens is 224 g/mol. The first kappa shape index (κ1) is 12.8. The summed E-state index contributed by atoms with van der Waals surface area (Å²) >= 11 is 0. The molecule has 0 saturated carbocycles. The van der Waals surface area contributed by atoms with Crippen LogP contribution in [-0.4, -0.2) is 18.6 Å². The van der Waals surface area contributed by atoms with Crippen LogP contribution in [0.15, 0.2) is 28.8 Å². The Morgan fingerprint density at radius 1 is 1.28 bits per heavy atom. The molecule has 0 saturated heterocycles. The van der Waals surface area contributed by atoms with Gasteiger partial charge >= 0.3 is 0 Å². The van der Waals surface area contributed by atoms with Crippen molar-refractivity contribution in [2.75, 3.05) is 13.6 Å². The lowest BCUT2D eigenvalue weighted by molar-refractivity contribution is 0.495. The molecule has 2 rings (SSSR count). The van der Waals surface area contributed by atoms with Crippen LogP contribution in [0.25, 0.3) is 11.3 Å². The summed E-state index contributed by atoms with van der Waals surface area (Å²) < 4.78 is 5.81. The maximum Gasteiger partial charge on any atom is 0.194 e. The van der Waals surface area contributed by atoms with Gasteiger partial charge in [0.25, 0.3) is 0 Å². The van der Waals surface area contributed by atoms with Crippen molar-refractivity contribution in [1.29, 1.82) is 0 Å². The lowest BCUT2D eigenvalue weighted by atomic mass is 10.0. The third kappa shape index (κ3) is 2.79. The van der Waals surface area contributed by atoms with Gasteiger partial charge in [-0.25, -0.2) is 4.98 Å². The minimum atomic E-state index is 0.821. The summed E-state index contributed by atoms with van der Waals surface area (Å²) in [5.41, 5.74) is 3.68. The SMILES string of the molecule is CNCCCc1ncc(-c2cccc(C)c2C)o1. The van der Waals surface area contributed by atoms with E-state index in [2.05, 4.69) is 42.3 Å². The number of aromatic nitrogens is 1. The van der Waals surface area contributed by atoms with Crippen LogP contribution in [0, 0.1) is 13.8 Å². The summed E-state index contributed by atoms with van der Waals surface area (Å²) in [6.45, 7) is 5.22. The van der Waals surface area contributed by atoms with Crippen molar-refractivity contribution in [3.05, 3.63) is 41.4 Å². The molecule has 0 aliphatic rings. The fraction of sp³-hybridized carbons (Fsp3) is 0.400. The zero-order valence-electron chi connectivity index (χ0n) is 11.3. The number of benzene rings is 1. The van der Waals surface area contributed by atoms with E-state index in [-0.39, 0.29) is 0 Å². The van der Waals surface area contributed by atoms with Crippen LogP contribution in [0.1, 0.15) is 23.4 Å². The van der Waals surface area contributed by atoms with Gasteiger partial charge in [0.15, 0.2) is 11.7 Å². The molecule has 0 aliphatic carbocycles. The molecule has 0 unspecified atom stereocenters. The second kappa shape index (κ2) is 5.83. The third-order valence-electron chi connectivity index (χ3n) is 3.24. The van der Waals surface area contributed by atoms with Crippen molar-refractivity contribution in [2.24, 2.45) is 0 Å². The van der Waals surface area contributed by atoms with Gasteiger partial charge < -0.3 is 9.73 Å². The molecule has 1 N–H and O–H groups in total. The van der Waals surface area contributed by atoms with Crippen LogP contribution in [0.4, 0.5) is 0 Å². The van der Waals surface area contributed by atoms with E-state index >= 15 is 0 Å². The van der Waals surface area contributed by atoms with E-state index in [4.69, 9.17) is 4.42 Å². The lowest BCUT2D eigenvalue weighted by Crippen LogP contribution is -2.08. The van der Waals surface area contributed by atoms with Crippen LogP contribution in [0.5, 0.6) is 0 Å². The molecule has 0 fully saturated rings. The molecule has 0 bridgehead atoms. The molecule has 0 aliphatic heterocycles. The molecular formula is C15H20N2O. The van der Waals surface area contributed by atoms with Crippen molar-refractivity contribution in [3.8, 4) is 11.3 Å². The lowest BCUT2D eigenvalue weighted by Gasteiger charge is -2.04. The topological polar surface area (TPSA) is 38.1 Å². The van der Waals surface area contributed by atoms with Crippen molar-refractivity contribution in [3.63, 3.8) is 0 Å². The van der Waals surface area contributed by atoms with Gasteiger partial charge in [-0.3, -0.25) is 0 Å². The summed E-state index contributed by atoms with van der Waals surface area (Å²) in [6.07, 6.45) is 3.76. The molecule has 0 amide bonds. The minimum absolute atomic E-state index is 0.821. The van der Waals surface area contributed by atoms with E-state index in [1.54, 1.807) is 0 Å². The van der Waals surface area contributed by atoms with Crippen molar-refractivity contribution in [1.82, 2.24) is 10.3 Å². The Hall–Kier alpha value is -1.61. The molecule has 1 aromatic heterocycles. The Morgan fingerprint density at radius 3 is 2.89 bits per heavy atom. The maximum absolute atomic E-state index is 5.81. The van der Waals surface area contributed by atoms with Crippen LogP contribution in [0.3, 0.4) is 0 Å². The number of aryl methyl sites for hydroxylation is 2. The Kier molecular flexibility index (Phi) is 4.15. The average molecular weight is 244 g/mol. The summed E-state index contributed by atoms with van der Waals surface area (Å²) in [5.74, 6) is 1.69. The highest BCUT2D eigenvalue weighted by atomic mass is 16.4. The van der Waals surface area contributed by atoms with E-state index in [1.165, 1.54) is 11.1 Å². The fourth-order valence-electron chi connectivity index (χ4n) is 1.98. The van der Waals surface area contributed by atoms with Gasteiger partial charge in [-0.15, -0.1) is 0 Å². The molecule has 1 heterocycles. The van der Waals surface area contributed by atoms with E-state index in [1.807, 2.05) is 13.2 Å². The Balaban J connectivity index is 2.16. The number of hydrogen-bond acceptors (Lipinski definition) is 3. The molecule has 3 heteroatoms. The average Bonchev–Trinajstić information content (AvgIpc) is 2.82. The fourth-order valence-corrected chi connectivity index (χ4v) is 1.98. The number of nitrogens with zero attached hydrogens (tertiary/aromatic N) is 1. The van der Waals surface area contributed by atoms with Crippen LogP contribution >= 0.6 is 0 Å². The monoisotopic (exact) mass is 244 g/mol. The van der Waals surface area contributed by atoms with Gasteiger partial charge in [-0.05, 0) is 45.0 Å². The summed E-state index contributed by atoms with van der Waals surface area (Å²) in [4.78, 5) is 4.34. The standard InChI is InChI=1S/C15H20N2O/c1-11-6-4-7-13(12(11)2)14-10-17-15(18-14)8-5-9-16-3/h4,6-7,10,16H,5,8-9H2,1-3H3. The Labute approximate surface area is 108 Å². The Bertz CT molecular complexity index is 517. The van der Waals surface area contributed by atoms with Crippen molar-refractivity contribution < 1.29 is 4.42 Å². The zero-order chi connectivity index (χ0) is 13.0. The summed E-state index contributed by atoms with van der Waals surface area (Å²) in [6, 6.07) is 6.25. The first-order valence-electron chi connectivity index (χ1n) is 6.38. The van der Waals surface area contributed by atoms with Gasteiger partial charge in [0.2, 0.25) is 0 Å². The van der Waals surface area contributed by atoms with Crippen LogP contribution in [-0.2, 0) is 6.42 Å². The van der Waals surface area contributed by atoms with Gasteiger partial charge in [0, 0.05) is 12.0 Å². The van der Waals surface area contributed by atoms with Gasteiger partial charge in [-0.2, -0.15) is 0 Å². The third-order valence-corrected chi connectivity index (χ3v) is 3.24. The van der Waals surface area contributed by atoms with E-state index in [0.717, 1.165) is 36.6 Å². The van der Waals surface area contributed by atoms with Gasteiger partial charge in [0.1, 0.15) is 0 Å². The largest absolute Gasteiger partial charge is 0.441 e. The maximum atomic E-state index is 5.81. The Morgan fingerprint density at radius 2 is 2.11 bits per heavy atom. The highest BCUT2D eigenvalue weighted by Gasteiger charge is 2.09. The molecule has 96 valence electrons. The van der Waals surface area contributed by atoms with E-state index in [0.29, 0.717) is 0 Å². The van der Waals surface area contributed by atoms with Crippen molar-refractivity contribution in [2.45, 2.75) is 26.7 Å². The number of oxazole rings is 1. The first-order valence-corrected chi connectivity index (χ1v) is 6.38. The quantitative estimate of drug-likeness (QED) is 0.821. The number of hydrogen-bond donors (Lipinski definition) is 1. The van der Waals surface area contributed by atoms with E-state index < -0.39 is 0 Å². The summed E-state index contributed by atoms with van der Waals surface area (Å²) in [7, 11) is 1.96.